The van der Waals surface area contributed by atoms with Crippen LogP contribution in [0.2, 0.25) is 0 Å². The zero-order chi connectivity index (χ0) is 19.5. The Bertz CT molecular complexity index is 1110. The van der Waals surface area contributed by atoms with E-state index in [0.717, 1.165) is 16.9 Å². The van der Waals surface area contributed by atoms with E-state index in [4.69, 9.17) is 0 Å². The normalized spacial score (nSPS) is 10.9. The molecule has 1 aromatic carbocycles. The Morgan fingerprint density at radius 3 is 2.43 bits per heavy atom. The maximum absolute atomic E-state index is 12.2. The second-order valence-corrected chi connectivity index (χ2v) is 8.10. The summed E-state index contributed by atoms with van der Waals surface area (Å²) in [5.74, 6) is 0.692. The lowest BCUT2D eigenvalue weighted by Gasteiger charge is -2.05. The Morgan fingerprint density at radius 1 is 1.04 bits per heavy atom. The van der Waals surface area contributed by atoms with E-state index in [2.05, 4.69) is 15.6 Å². The molecule has 0 saturated carbocycles. The first-order valence-electron chi connectivity index (χ1n) is 8.74. The van der Waals surface area contributed by atoms with Gasteiger partial charge in [-0.25, -0.2) is 4.98 Å². The van der Waals surface area contributed by atoms with Crippen molar-refractivity contribution in [2.75, 3.05) is 11.9 Å². The van der Waals surface area contributed by atoms with Crippen molar-refractivity contribution in [3.63, 3.8) is 0 Å². The molecule has 0 aliphatic carbocycles. The van der Waals surface area contributed by atoms with Gasteiger partial charge >= 0.3 is 0 Å². The minimum absolute atomic E-state index is 0.0626. The lowest BCUT2D eigenvalue weighted by atomic mass is 10.2. The van der Waals surface area contributed by atoms with Gasteiger partial charge in [-0.3, -0.25) is 9.59 Å². The van der Waals surface area contributed by atoms with E-state index < -0.39 is 0 Å². The standard InChI is InChI=1S/C20H18N4O2S2/c1-24-15-7-6-13(22-20(26)17-5-3-11-28-17)12-14(15)23-18(24)8-9-21-19(25)16-4-2-10-27-16/h2-7,10-12H,8-9H2,1H3,(H,21,25)(H,22,26). The van der Waals surface area contributed by atoms with Crippen molar-refractivity contribution < 1.29 is 9.59 Å². The predicted molar refractivity (Wildman–Crippen MR) is 113 cm³/mol. The van der Waals surface area contributed by atoms with Crippen LogP contribution in [0.15, 0.2) is 53.2 Å². The highest BCUT2D eigenvalue weighted by atomic mass is 32.1. The van der Waals surface area contributed by atoms with Gasteiger partial charge in [0.05, 0.1) is 20.8 Å². The highest BCUT2D eigenvalue weighted by Crippen LogP contribution is 2.21. The monoisotopic (exact) mass is 410 g/mol. The molecule has 0 bridgehead atoms. The summed E-state index contributed by atoms with van der Waals surface area (Å²) in [5, 5.41) is 9.59. The molecule has 0 atom stereocenters. The molecule has 3 aromatic heterocycles. The third-order valence-corrected chi connectivity index (χ3v) is 6.09. The number of hydrogen-bond acceptors (Lipinski definition) is 5. The van der Waals surface area contributed by atoms with Gasteiger partial charge in [-0.2, -0.15) is 0 Å². The van der Waals surface area contributed by atoms with E-state index in [9.17, 15) is 9.59 Å². The van der Waals surface area contributed by atoms with Gasteiger partial charge in [-0.05, 0) is 41.1 Å². The third-order valence-electron chi connectivity index (χ3n) is 4.36. The van der Waals surface area contributed by atoms with Crippen LogP contribution in [0.25, 0.3) is 11.0 Å². The zero-order valence-electron chi connectivity index (χ0n) is 15.1. The van der Waals surface area contributed by atoms with E-state index in [-0.39, 0.29) is 11.8 Å². The molecule has 0 aliphatic rings. The van der Waals surface area contributed by atoms with Gasteiger partial charge in [-0.1, -0.05) is 12.1 Å². The number of hydrogen-bond donors (Lipinski definition) is 2. The van der Waals surface area contributed by atoms with Gasteiger partial charge in [-0.15, -0.1) is 22.7 Å². The fourth-order valence-corrected chi connectivity index (χ4v) is 4.19. The first kappa shape index (κ1) is 18.4. The molecular formula is C20H18N4O2S2. The number of carbonyl (C=O) groups is 2. The Kier molecular flexibility index (Phi) is 5.23. The summed E-state index contributed by atoms with van der Waals surface area (Å²) in [6, 6.07) is 13.0. The van der Waals surface area contributed by atoms with Crippen LogP contribution in [0.3, 0.4) is 0 Å². The quantitative estimate of drug-likeness (QED) is 0.506. The molecule has 2 amide bonds. The topological polar surface area (TPSA) is 76.0 Å². The van der Waals surface area contributed by atoms with Crippen LogP contribution in [-0.2, 0) is 13.5 Å². The average Bonchev–Trinajstić information content (AvgIpc) is 3.44. The largest absolute Gasteiger partial charge is 0.351 e. The van der Waals surface area contributed by atoms with Crippen LogP contribution < -0.4 is 10.6 Å². The molecule has 3 heterocycles. The number of carbonyl (C=O) groups excluding carboxylic acids is 2. The van der Waals surface area contributed by atoms with Crippen LogP contribution in [-0.4, -0.2) is 27.9 Å². The fraction of sp³-hybridized carbons (Fsp3) is 0.150. The molecule has 4 rings (SSSR count). The second-order valence-electron chi connectivity index (χ2n) is 6.21. The molecule has 6 nitrogen and oxygen atoms in total. The molecule has 0 radical (unpaired) electrons. The molecule has 2 N–H and O–H groups in total. The number of thiophene rings is 2. The van der Waals surface area contributed by atoms with Crippen molar-refractivity contribution in [2.24, 2.45) is 7.05 Å². The molecule has 8 heteroatoms. The molecule has 4 aromatic rings. The summed E-state index contributed by atoms with van der Waals surface area (Å²) in [6.07, 6.45) is 0.624. The first-order chi connectivity index (χ1) is 13.6. The summed E-state index contributed by atoms with van der Waals surface area (Å²) >= 11 is 2.83. The molecule has 0 unspecified atom stereocenters. The summed E-state index contributed by atoms with van der Waals surface area (Å²) in [7, 11) is 1.95. The van der Waals surface area contributed by atoms with Crippen molar-refractivity contribution in [2.45, 2.75) is 6.42 Å². The van der Waals surface area contributed by atoms with Crippen molar-refractivity contribution in [3.05, 3.63) is 68.8 Å². The molecule has 0 aliphatic heterocycles. The summed E-state index contributed by atoms with van der Waals surface area (Å²) in [4.78, 5) is 30.3. The van der Waals surface area contributed by atoms with E-state index in [1.807, 2.05) is 52.7 Å². The highest BCUT2D eigenvalue weighted by molar-refractivity contribution is 7.12. The molecule has 142 valence electrons. The summed E-state index contributed by atoms with van der Waals surface area (Å²) < 4.78 is 2.01. The van der Waals surface area contributed by atoms with Crippen molar-refractivity contribution >= 4 is 51.2 Å². The van der Waals surface area contributed by atoms with Gasteiger partial charge < -0.3 is 15.2 Å². The Labute approximate surface area is 169 Å². The second kappa shape index (κ2) is 7.95. The number of benzene rings is 1. The maximum Gasteiger partial charge on any atom is 0.265 e. The van der Waals surface area contributed by atoms with Crippen molar-refractivity contribution in [1.29, 1.82) is 0 Å². The number of aromatic nitrogens is 2. The van der Waals surface area contributed by atoms with Gasteiger partial charge in [0.1, 0.15) is 5.82 Å². The SMILES string of the molecule is Cn1c(CCNC(=O)c2cccs2)nc2cc(NC(=O)c3cccs3)ccc21. The van der Waals surface area contributed by atoms with Crippen molar-refractivity contribution in [3.8, 4) is 0 Å². The number of amides is 2. The van der Waals surface area contributed by atoms with Crippen LogP contribution >= 0.6 is 22.7 Å². The fourth-order valence-electron chi connectivity index (χ4n) is 2.93. The smallest absolute Gasteiger partial charge is 0.265 e. The minimum atomic E-state index is -0.123. The Hall–Kier alpha value is -2.97. The first-order valence-corrected chi connectivity index (χ1v) is 10.5. The maximum atomic E-state index is 12.2. The lowest BCUT2D eigenvalue weighted by molar-refractivity contribution is 0.0957. The van der Waals surface area contributed by atoms with Crippen LogP contribution in [0.4, 0.5) is 5.69 Å². The predicted octanol–water partition coefficient (Wildman–Crippen LogP) is 3.92. The third kappa shape index (κ3) is 3.83. The highest BCUT2D eigenvalue weighted by Gasteiger charge is 2.12. The van der Waals surface area contributed by atoms with Gasteiger partial charge in [0, 0.05) is 25.7 Å². The summed E-state index contributed by atoms with van der Waals surface area (Å²) in [6.45, 7) is 0.510. The van der Waals surface area contributed by atoms with E-state index in [0.29, 0.717) is 28.4 Å². The Morgan fingerprint density at radius 2 is 1.75 bits per heavy atom. The van der Waals surface area contributed by atoms with E-state index in [1.54, 1.807) is 12.1 Å². The number of anilines is 1. The summed E-state index contributed by atoms with van der Waals surface area (Å²) in [5.41, 5.74) is 2.50. The van der Waals surface area contributed by atoms with Gasteiger partial charge in [0.25, 0.3) is 11.8 Å². The van der Waals surface area contributed by atoms with E-state index in [1.165, 1.54) is 22.7 Å². The van der Waals surface area contributed by atoms with Gasteiger partial charge in [0.15, 0.2) is 0 Å². The Balaban J connectivity index is 1.44. The number of nitrogens with one attached hydrogen (secondary N) is 2. The van der Waals surface area contributed by atoms with Gasteiger partial charge in [0.2, 0.25) is 0 Å². The lowest BCUT2D eigenvalue weighted by Crippen LogP contribution is -2.25. The molecular weight excluding hydrogens is 392 g/mol. The molecule has 0 spiro atoms. The number of rotatable bonds is 6. The number of aryl methyl sites for hydroxylation is 1. The number of imidazole rings is 1. The molecule has 0 saturated heterocycles. The number of nitrogens with zero attached hydrogens (tertiary/aromatic N) is 2. The average molecular weight is 411 g/mol. The van der Waals surface area contributed by atoms with Crippen LogP contribution in [0, 0.1) is 0 Å². The molecule has 0 fully saturated rings. The van der Waals surface area contributed by atoms with Crippen LogP contribution in [0.5, 0.6) is 0 Å². The van der Waals surface area contributed by atoms with Crippen molar-refractivity contribution in [1.82, 2.24) is 14.9 Å². The molecule has 28 heavy (non-hydrogen) atoms. The zero-order valence-corrected chi connectivity index (χ0v) is 16.8. The number of fused-ring (bicyclic) bond motifs is 1. The van der Waals surface area contributed by atoms with E-state index >= 15 is 0 Å². The van der Waals surface area contributed by atoms with Crippen LogP contribution in [0.1, 0.15) is 25.2 Å². The minimum Gasteiger partial charge on any atom is -0.351 e.